The van der Waals surface area contributed by atoms with E-state index in [1.807, 2.05) is 0 Å². The monoisotopic (exact) mass is 203 g/mol. The van der Waals surface area contributed by atoms with E-state index < -0.39 is 0 Å². The van der Waals surface area contributed by atoms with E-state index in [1.54, 1.807) is 0 Å². The Kier molecular flexibility index (Phi) is 2.51. The molecule has 0 aliphatic carbocycles. The van der Waals surface area contributed by atoms with Crippen molar-refractivity contribution in [3.8, 4) is 0 Å². The second kappa shape index (κ2) is 3.69. The molecule has 1 saturated heterocycles. The molecule has 0 bridgehead atoms. The van der Waals surface area contributed by atoms with Crippen molar-refractivity contribution in [2.24, 2.45) is 0 Å². The van der Waals surface area contributed by atoms with Crippen molar-refractivity contribution in [2.45, 2.75) is 39.2 Å². The summed E-state index contributed by atoms with van der Waals surface area (Å²) in [5.74, 6) is 0.519. The van der Waals surface area contributed by atoms with Crippen LogP contribution in [0.1, 0.15) is 36.0 Å². The van der Waals surface area contributed by atoms with E-state index in [0.717, 1.165) is 0 Å². The largest absolute Gasteiger partial charge is 0.353 e. The number of aryl methyl sites for hydroxylation is 2. The van der Waals surface area contributed by atoms with Gasteiger partial charge in [0, 0.05) is 18.4 Å². The molecule has 2 heteroatoms. The molecule has 1 aromatic rings. The minimum atomic E-state index is 0.174. The smallest absolute Gasteiger partial charge is 0.220 e. The van der Waals surface area contributed by atoms with Gasteiger partial charge >= 0.3 is 0 Å². The van der Waals surface area contributed by atoms with Gasteiger partial charge in [0.1, 0.15) is 0 Å². The van der Waals surface area contributed by atoms with E-state index in [2.05, 4.69) is 44.3 Å². The second-order valence-electron chi connectivity index (χ2n) is 4.53. The Hall–Kier alpha value is -1.31. The van der Waals surface area contributed by atoms with E-state index in [1.165, 1.54) is 16.7 Å². The van der Waals surface area contributed by atoms with Gasteiger partial charge in [-0.25, -0.2) is 0 Å². The van der Waals surface area contributed by atoms with E-state index in [0.29, 0.717) is 12.3 Å². The molecule has 1 fully saturated rings. The first-order chi connectivity index (χ1) is 7.08. The fraction of sp³-hybridized carbons (Fsp3) is 0.462. The minimum absolute atomic E-state index is 0.174. The zero-order chi connectivity index (χ0) is 11.0. The Balaban J connectivity index is 2.33. The summed E-state index contributed by atoms with van der Waals surface area (Å²) in [5, 5.41) is 2.97. The maximum Gasteiger partial charge on any atom is 0.220 e. The van der Waals surface area contributed by atoms with E-state index in [-0.39, 0.29) is 11.9 Å². The standard InChI is InChI=1S/C13H17NO/c1-8-4-5-11(9(2)6-8)12-7-13(15)14-10(12)3/h4-6,10,12H,7H2,1-3H3,(H,14,15). The summed E-state index contributed by atoms with van der Waals surface area (Å²) >= 11 is 0. The molecular weight excluding hydrogens is 186 g/mol. The summed E-state index contributed by atoms with van der Waals surface area (Å²) in [5.41, 5.74) is 3.89. The highest BCUT2D eigenvalue weighted by Crippen LogP contribution is 2.30. The van der Waals surface area contributed by atoms with Gasteiger partial charge in [-0.2, -0.15) is 0 Å². The summed E-state index contributed by atoms with van der Waals surface area (Å²) in [6, 6.07) is 6.73. The van der Waals surface area contributed by atoms with Gasteiger partial charge in [0.25, 0.3) is 0 Å². The van der Waals surface area contributed by atoms with Gasteiger partial charge in [-0.3, -0.25) is 4.79 Å². The Bertz CT molecular complexity index is 398. The van der Waals surface area contributed by atoms with Crippen LogP contribution < -0.4 is 5.32 Å². The average molecular weight is 203 g/mol. The molecule has 1 aliphatic heterocycles. The van der Waals surface area contributed by atoms with Crippen LogP contribution in [0.15, 0.2) is 18.2 Å². The first kappa shape index (κ1) is 10.2. The van der Waals surface area contributed by atoms with Crippen molar-refractivity contribution in [2.75, 3.05) is 0 Å². The van der Waals surface area contributed by atoms with Crippen molar-refractivity contribution in [1.82, 2.24) is 5.32 Å². The van der Waals surface area contributed by atoms with Crippen LogP contribution in [0.2, 0.25) is 0 Å². The first-order valence-corrected chi connectivity index (χ1v) is 5.44. The third-order valence-electron chi connectivity index (χ3n) is 3.22. The van der Waals surface area contributed by atoms with Crippen LogP contribution in [0, 0.1) is 13.8 Å². The van der Waals surface area contributed by atoms with Gasteiger partial charge in [-0.1, -0.05) is 23.8 Å². The van der Waals surface area contributed by atoms with Crippen LogP contribution in [0.4, 0.5) is 0 Å². The number of benzene rings is 1. The van der Waals surface area contributed by atoms with Gasteiger partial charge in [-0.05, 0) is 31.9 Å². The van der Waals surface area contributed by atoms with Crippen LogP contribution >= 0.6 is 0 Å². The quantitative estimate of drug-likeness (QED) is 0.745. The molecule has 2 nitrogen and oxygen atoms in total. The third kappa shape index (κ3) is 1.89. The summed E-state index contributed by atoms with van der Waals surface area (Å²) in [6.07, 6.45) is 0.630. The van der Waals surface area contributed by atoms with E-state index >= 15 is 0 Å². The molecule has 1 heterocycles. The fourth-order valence-corrected chi connectivity index (χ4v) is 2.41. The number of hydrogen-bond donors (Lipinski definition) is 1. The molecule has 1 N–H and O–H groups in total. The molecule has 0 aromatic heterocycles. The Morgan fingerprint density at radius 1 is 1.33 bits per heavy atom. The van der Waals surface area contributed by atoms with Gasteiger partial charge in [0.2, 0.25) is 5.91 Å². The molecular formula is C13H17NO. The first-order valence-electron chi connectivity index (χ1n) is 5.44. The molecule has 1 amide bonds. The minimum Gasteiger partial charge on any atom is -0.353 e. The average Bonchev–Trinajstić information content (AvgIpc) is 2.45. The van der Waals surface area contributed by atoms with Crippen molar-refractivity contribution in [3.63, 3.8) is 0 Å². The second-order valence-corrected chi connectivity index (χ2v) is 4.53. The highest BCUT2D eigenvalue weighted by molar-refractivity contribution is 5.80. The maximum absolute atomic E-state index is 11.3. The predicted molar refractivity (Wildman–Crippen MR) is 60.9 cm³/mol. The van der Waals surface area contributed by atoms with Gasteiger partial charge < -0.3 is 5.32 Å². The van der Waals surface area contributed by atoms with Crippen molar-refractivity contribution in [1.29, 1.82) is 0 Å². The number of carbonyl (C=O) groups is 1. The highest BCUT2D eigenvalue weighted by Gasteiger charge is 2.30. The van der Waals surface area contributed by atoms with E-state index in [4.69, 9.17) is 0 Å². The Morgan fingerprint density at radius 2 is 2.07 bits per heavy atom. The topological polar surface area (TPSA) is 29.1 Å². The molecule has 2 unspecified atom stereocenters. The van der Waals surface area contributed by atoms with Crippen molar-refractivity contribution in [3.05, 3.63) is 34.9 Å². The van der Waals surface area contributed by atoms with Crippen LogP contribution in [0.5, 0.6) is 0 Å². The molecule has 80 valence electrons. The van der Waals surface area contributed by atoms with Crippen LogP contribution in [0.3, 0.4) is 0 Å². The predicted octanol–water partition coefficient (Wildman–Crippen LogP) is 2.30. The fourth-order valence-electron chi connectivity index (χ4n) is 2.41. The number of amides is 1. The SMILES string of the molecule is Cc1ccc(C2CC(=O)NC2C)c(C)c1. The molecule has 1 aliphatic rings. The lowest BCUT2D eigenvalue weighted by molar-refractivity contribution is -0.119. The summed E-state index contributed by atoms with van der Waals surface area (Å²) in [4.78, 5) is 11.3. The summed E-state index contributed by atoms with van der Waals surface area (Å²) in [6.45, 7) is 6.30. The van der Waals surface area contributed by atoms with Gasteiger partial charge in [0.05, 0.1) is 0 Å². The van der Waals surface area contributed by atoms with Crippen molar-refractivity contribution >= 4 is 5.91 Å². The lowest BCUT2D eigenvalue weighted by Crippen LogP contribution is -2.24. The Morgan fingerprint density at radius 3 is 2.60 bits per heavy atom. The van der Waals surface area contributed by atoms with Crippen LogP contribution in [0.25, 0.3) is 0 Å². The van der Waals surface area contributed by atoms with Crippen LogP contribution in [-0.2, 0) is 4.79 Å². The zero-order valence-electron chi connectivity index (χ0n) is 9.50. The summed E-state index contributed by atoms with van der Waals surface area (Å²) in [7, 11) is 0. The third-order valence-corrected chi connectivity index (χ3v) is 3.22. The Labute approximate surface area is 90.7 Å². The lowest BCUT2D eigenvalue weighted by atomic mass is 9.89. The lowest BCUT2D eigenvalue weighted by Gasteiger charge is -2.17. The zero-order valence-corrected chi connectivity index (χ0v) is 9.50. The van der Waals surface area contributed by atoms with E-state index in [9.17, 15) is 4.79 Å². The summed E-state index contributed by atoms with van der Waals surface area (Å²) < 4.78 is 0. The molecule has 0 spiro atoms. The maximum atomic E-state index is 11.3. The molecule has 0 saturated carbocycles. The molecule has 2 atom stereocenters. The van der Waals surface area contributed by atoms with Gasteiger partial charge in [0.15, 0.2) is 0 Å². The van der Waals surface area contributed by atoms with Crippen LogP contribution in [-0.4, -0.2) is 11.9 Å². The number of carbonyl (C=O) groups excluding carboxylic acids is 1. The van der Waals surface area contributed by atoms with Crippen molar-refractivity contribution < 1.29 is 4.79 Å². The molecule has 15 heavy (non-hydrogen) atoms. The molecule has 2 rings (SSSR count). The number of nitrogens with one attached hydrogen (secondary N) is 1. The highest BCUT2D eigenvalue weighted by atomic mass is 16.1. The number of rotatable bonds is 1. The molecule has 0 radical (unpaired) electrons. The van der Waals surface area contributed by atoms with Gasteiger partial charge in [-0.15, -0.1) is 0 Å². The molecule has 1 aromatic carbocycles. The normalized spacial score (nSPS) is 25.4. The number of hydrogen-bond acceptors (Lipinski definition) is 1.